The van der Waals surface area contributed by atoms with Crippen molar-refractivity contribution in [2.75, 3.05) is 13.6 Å². The van der Waals surface area contributed by atoms with Gasteiger partial charge in [0, 0.05) is 27.9 Å². The number of para-hydroxylation sites is 1. The first-order valence-electron chi connectivity index (χ1n) is 12.3. The van der Waals surface area contributed by atoms with Gasteiger partial charge in [-0.2, -0.15) is 0 Å². The molecule has 4 nitrogen and oxygen atoms in total. The van der Waals surface area contributed by atoms with Crippen LogP contribution < -0.4 is 10.5 Å². The SMILES string of the molecule is CC.Cc1ccc2c3c1O[C@H]1c4c(c5ccccc5n4CN)C[C@@]4(C)[C@@H](C2)N(C)CC[C@]314. The van der Waals surface area contributed by atoms with Gasteiger partial charge in [0.05, 0.1) is 17.8 Å². The van der Waals surface area contributed by atoms with Gasteiger partial charge in [-0.05, 0) is 62.5 Å². The lowest BCUT2D eigenvalue weighted by atomic mass is 9.44. The van der Waals surface area contributed by atoms with Crippen molar-refractivity contribution >= 4 is 10.9 Å². The fourth-order valence-electron chi connectivity index (χ4n) is 7.91. The standard InChI is InChI=1S/C26H29N3O.C2H6/c1-15-8-9-16-12-20-25(2)13-18-17-6-4-5-7-19(17)29(14-27)22(18)24-26(25,10-11-28(20)3)21(16)23(15)30-24;1-2/h4-9,20,24H,10-14,27H2,1-3H3;1-2H3/t20-,24+,25+,26+;/m1./s1. The molecule has 3 aromatic rings. The topological polar surface area (TPSA) is 43.4 Å². The molecule has 0 unspecified atom stereocenters. The number of hydrogen-bond acceptors (Lipinski definition) is 3. The first-order valence-corrected chi connectivity index (χ1v) is 12.3. The average molecular weight is 430 g/mol. The Morgan fingerprint density at radius 1 is 1.16 bits per heavy atom. The molecule has 2 aliphatic heterocycles. The normalized spacial score (nSPS) is 31.4. The molecule has 168 valence electrons. The Bertz CT molecular complexity index is 1240. The van der Waals surface area contributed by atoms with Crippen molar-refractivity contribution in [3.05, 3.63) is 64.3 Å². The molecule has 4 atom stereocenters. The lowest BCUT2D eigenvalue weighted by Crippen LogP contribution is -2.68. The van der Waals surface area contributed by atoms with E-state index < -0.39 is 0 Å². The summed E-state index contributed by atoms with van der Waals surface area (Å²) in [6, 6.07) is 14.0. The van der Waals surface area contributed by atoms with Crippen molar-refractivity contribution < 1.29 is 4.74 Å². The number of aromatic nitrogens is 1. The van der Waals surface area contributed by atoms with Crippen LogP contribution in [0.3, 0.4) is 0 Å². The van der Waals surface area contributed by atoms with E-state index in [1.807, 2.05) is 13.8 Å². The van der Waals surface area contributed by atoms with Gasteiger partial charge in [0.1, 0.15) is 11.9 Å². The second-order valence-electron chi connectivity index (χ2n) is 10.3. The van der Waals surface area contributed by atoms with Crippen LogP contribution in [0.4, 0.5) is 0 Å². The van der Waals surface area contributed by atoms with E-state index in [1.54, 1.807) is 0 Å². The third-order valence-electron chi connectivity index (χ3n) is 9.22. The van der Waals surface area contributed by atoms with Crippen LogP contribution >= 0.6 is 0 Å². The summed E-state index contributed by atoms with van der Waals surface area (Å²) >= 11 is 0. The number of likely N-dealkylation sites (tertiary alicyclic amines) is 1. The summed E-state index contributed by atoms with van der Waals surface area (Å²) in [7, 11) is 2.33. The van der Waals surface area contributed by atoms with Gasteiger partial charge < -0.3 is 19.9 Å². The number of hydrogen-bond donors (Lipinski definition) is 1. The lowest BCUT2D eigenvalue weighted by molar-refractivity contribution is -0.0914. The zero-order chi connectivity index (χ0) is 22.4. The van der Waals surface area contributed by atoms with E-state index in [9.17, 15) is 0 Å². The van der Waals surface area contributed by atoms with Gasteiger partial charge in [-0.3, -0.25) is 0 Å². The van der Waals surface area contributed by atoms with E-state index in [0.29, 0.717) is 12.7 Å². The molecule has 1 fully saturated rings. The Morgan fingerprint density at radius 2 is 1.94 bits per heavy atom. The summed E-state index contributed by atoms with van der Waals surface area (Å²) in [6.07, 6.45) is 3.42. The monoisotopic (exact) mass is 429 g/mol. The third-order valence-corrected chi connectivity index (χ3v) is 9.22. The minimum absolute atomic E-state index is 0.0351. The quantitative estimate of drug-likeness (QED) is 0.586. The fourth-order valence-corrected chi connectivity index (χ4v) is 7.91. The molecular formula is C28H35N3O. The number of nitrogens with two attached hydrogens (primary N) is 1. The molecule has 0 saturated carbocycles. The highest BCUT2D eigenvalue weighted by Crippen LogP contribution is 2.71. The first-order chi connectivity index (χ1) is 15.5. The molecule has 2 N–H and O–H groups in total. The number of rotatable bonds is 1. The molecule has 4 heteroatoms. The van der Waals surface area contributed by atoms with Crippen LogP contribution in [0.1, 0.15) is 61.2 Å². The number of ether oxygens (including phenoxy) is 1. The second kappa shape index (κ2) is 6.61. The fraction of sp³-hybridized carbons (Fsp3) is 0.500. The van der Waals surface area contributed by atoms with Gasteiger partial charge >= 0.3 is 0 Å². The molecule has 0 radical (unpaired) electrons. The van der Waals surface area contributed by atoms with Crippen LogP contribution in [0, 0.1) is 12.3 Å². The highest BCUT2D eigenvalue weighted by Gasteiger charge is 2.70. The van der Waals surface area contributed by atoms with E-state index in [4.69, 9.17) is 10.5 Å². The van der Waals surface area contributed by atoms with Gasteiger partial charge in [-0.25, -0.2) is 0 Å². The van der Waals surface area contributed by atoms with Crippen LogP contribution in [0.15, 0.2) is 36.4 Å². The highest BCUT2D eigenvalue weighted by molar-refractivity contribution is 5.87. The van der Waals surface area contributed by atoms with Gasteiger partial charge in [-0.1, -0.05) is 51.1 Å². The molecule has 7 rings (SSSR count). The molecule has 2 bridgehead atoms. The average Bonchev–Trinajstić information content (AvgIpc) is 3.31. The molecule has 2 aromatic carbocycles. The number of nitrogens with zero attached hydrogens (tertiary/aromatic N) is 2. The number of likely N-dealkylation sites (N-methyl/N-ethyl adjacent to an activating group) is 1. The number of aryl methyl sites for hydroxylation is 1. The van der Waals surface area contributed by atoms with Crippen molar-refractivity contribution in [1.82, 2.24) is 9.47 Å². The summed E-state index contributed by atoms with van der Waals surface area (Å²) in [4.78, 5) is 2.62. The lowest BCUT2D eigenvalue weighted by Gasteiger charge is -2.64. The first kappa shape index (κ1) is 20.3. The predicted molar refractivity (Wildman–Crippen MR) is 130 cm³/mol. The van der Waals surface area contributed by atoms with Gasteiger partial charge in [-0.15, -0.1) is 0 Å². The molecular weight excluding hydrogens is 394 g/mol. The summed E-state index contributed by atoms with van der Waals surface area (Å²) in [5, 5.41) is 1.36. The Morgan fingerprint density at radius 3 is 2.72 bits per heavy atom. The van der Waals surface area contributed by atoms with Crippen molar-refractivity contribution in [2.45, 2.75) is 71.2 Å². The van der Waals surface area contributed by atoms with E-state index in [-0.39, 0.29) is 16.9 Å². The summed E-state index contributed by atoms with van der Waals surface area (Å²) < 4.78 is 9.35. The molecule has 1 saturated heterocycles. The maximum absolute atomic E-state index is 7.01. The Hall–Kier alpha value is -2.30. The van der Waals surface area contributed by atoms with Gasteiger partial charge in [0.15, 0.2) is 0 Å². The molecule has 2 aliphatic carbocycles. The number of fused-ring (bicyclic) bond motifs is 4. The molecule has 32 heavy (non-hydrogen) atoms. The molecule has 0 amide bonds. The zero-order valence-electron chi connectivity index (χ0n) is 20.0. The largest absolute Gasteiger partial charge is 0.483 e. The van der Waals surface area contributed by atoms with Crippen LogP contribution in [0.5, 0.6) is 5.75 Å². The molecule has 1 spiro atoms. The molecule has 1 aromatic heterocycles. The molecule has 3 heterocycles. The summed E-state index contributed by atoms with van der Waals surface area (Å²) in [5.74, 6) is 1.16. The maximum atomic E-state index is 7.01. The maximum Gasteiger partial charge on any atom is 0.149 e. The minimum Gasteiger partial charge on any atom is -0.483 e. The van der Waals surface area contributed by atoms with E-state index in [0.717, 1.165) is 31.6 Å². The zero-order valence-corrected chi connectivity index (χ0v) is 20.0. The minimum atomic E-state index is 0.0351. The summed E-state index contributed by atoms with van der Waals surface area (Å²) in [5.41, 5.74) is 14.9. The van der Waals surface area contributed by atoms with Crippen LogP contribution in [0.25, 0.3) is 10.9 Å². The van der Waals surface area contributed by atoms with E-state index in [1.165, 1.54) is 38.9 Å². The predicted octanol–water partition coefficient (Wildman–Crippen LogP) is 5.09. The summed E-state index contributed by atoms with van der Waals surface area (Å²) in [6.45, 7) is 10.4. The molecule has 4 aliphatic rings. The van der Waals surface area contributed by atoms with Gasteiger partial charge in [0.2, 0.25) is 0 Å². The third kappa shape index (κ3) is 2.07. The van der Waals surface area contributed by atoms with Crippen LogP contribution in [0.2, 0.25) is 0 Å². The smallest absolute Gasteiger partial charge is 0.149 e. The van der Waals surface area contributed by atoms with Crippen molar-refractivity contribution in [1.29, 1.82) is 0 Å². The van der Waals surface area contributed by atoms with Gasteiger partial charge in [0.25, 0.3) is 0 Å². The highest BCUT2D eigenvalue weighted by atomic mass is 16.5. The Kier molecular flexibility index (Phi) is 4.20. The van der Waals surface area contributed by atoms with Crippen LogP contribution in [-0.4, -0.2) is 29.1 Å². The Labute approximate surface area is 191 Å². The van der Waals surface area contributed by atoms with Crippen molar-refractivity contribution in [3.8, 4) is 5.75 Å². The number of benzene rings is 2. The van der Waals surface area contributed by atoms with E-state index in [2.05, 4.69) is 66.8 Å². The van der Waals surface area contributed by atoms with E-state index >= 15 is 0 Å². The van der Waals surface area contributed by atoms with Crippen molar-refractivity contribution in [2.24, 2.45) is 11.1 Å². The second-order valence-corrected chi connectivity index (χ2v) is 10.3. The van der Waals surface area contributed by atoms with Crippen LogP contribution in [-0.2, 0) is 24.9 Å². The Balaban J connectivity index is 0.000000953. The number of piperidine rings is 1. The van der Waals surface area contributed by atoms with Crippen molar-refractivity contribution in [3.63, 3.8) is 0 Å².